The summed E-state index contributed by atoms with van der Waals surface area (Å²) >= 11 is 0. The SMILES string of the molecule is Cc1cccc(C(O)Cc2ncnn2C(C)C)c1C. The molecule has 1 atom stereocenters. The number of aliphatic hydroxyl groups excluding tert-OH is 1. The van der Waals surface area contributed by atoms with Gasteiger partial charge in [0.2, 0.25) is 0 Å². The molecule has 2 aromatic rings. The first-order valence-electron chi connectivity index (χ1n) is 6.63. The lowest BCUT2D eigenvalue weighted by Crippen LogP contribution is -2.13. The molecule has 0 saturated carbocycles. The highest BCUT2D eigenvalue weighted by molar-refractivity contribution is 5.34. The van der Waals surface area contributed by atoms with Gasteiger partial charge in [0, 0.05) is 12.5 Å². The van der Waals surface area contributed by atoms with Gasteiger partial charge in [-0.2, -0.15) is 5.10 Å². The predicted octanol–water partition coefficient (Wildman–Crippen LogP) is 2.75. The summed E-state index contributed by atoms with van der Waals surface area (Å²) in [6.45, 7) is 8.22. The Morgan fingerprint density at radius 3 is 2.68 bits per heavy atom. The van der Waals surface area contributed by atoms with Crippen molar-refractivity contribution in [3.8, 4) is 0 Å². The Balaban J connectivity index is 2.23. The van der Waals surface area contributed by atoms with Crippen LogP contribution in [0.1, 0.15) is 48.5 Å². The summed E-state index contributed by atoms with van der Waals surface area (Å²) in [5.41, 5.74) is 3.31. The Labute approximate surface area is 114 Å². The van der Waals surface area contributed by atoms with Crippen LogP contribution in [-0.4, -0.2) is 19.9 Å². The van der Waals surface area contributed by atoms with Crippen molar-refractivity contribution in [1.29, 1.82) is 0 Å². The second kappa shape index (κ2) is 5.53. The summed E-state index contributed by atoms with van der Waals surface area (Å²) in [7, 11) is 0. The minimum Gasteiger partial charge on any atom is -0.388 e. The second-order valence-electron chi connectivity index (χ2n) is 5.22. The third-order valence-corrected chi connectivity index (χ3v) is 3.52. The summed E-state index contributed by atoms with van der Waals surface area (Å²) in [5, 5.41) is 14.6. The van der Waals surface area contributed by atoms with Gasteiger partial charge in [0.1, 0.15) is 12.2 Å². The van der Waals surface area contributed by atoms with Gasteiger partial charge in [0.25, 0.3) is 0 Å². The normalized spacial score (nSPS) is 12.9. The lowest BCUT2D eigenvalue weighted by molar-refractivity contribution is 0.172. The van der Waals surface area contributed by atoms with E-state index in [0.717, 1.165) is 17.0 Å². The molecule has 102 valence electrons. The zero-order valence-electron chi connectivity index (χ0n) is 12.0. The molecule has 0 aliphatic rings. The van der Waals surface area contributed by atoms with Gasteiger partial charge < -0.3 is 5.11 Å². The van der Waals surface area contributed by atoms with Gasteiger partial charge in [-0.05, 0) is 44.4 Å². The van der Waals surface area contributed by atoms with E-state index in [1.807, 2.05) is 23.7 Å². The number of aromatic nitrogens is 3. The topological polar surface area (TPSA) is 50.9 Å². The van der Waals surface area contributed by atoms with Gasteiger partial charge in [-0.1, -0.05) is 18.2 Å². The van der Waals surface area contributed by atoms with E-state index in [0.29, 0.717) is 6.42 Å². The minimum atomic E-state index is -0.540. The van der Waals surface area contributed by atoms with Crippen molar-refractivity contribution in [3.63, 3.8) is 0 Å². The highest BCUT2D eigenvalue weighted by Gasteiger charge is 2.16. The largest absolute Gasteiger partial charge is 0.388 e. The highest BCUT2D eigenvalue weighted by atomic mass is 16.3. The van der Waals surface area contributed by atoms with Crippen LogP contribution in [0.15, 0.2) is 24.5 Å². The van der Waals surface area contributed by atoms with E-state index in [-0.39, 0.29) is 6.04 Å². The molecular formula is C15H21N3O. The second-order valence-corrected chi connectivity index (χ2v) is 5.22. The van der Waals surface area contributed by atoms with Gasteiger partial charge in [-0.25, -0.2) is 9.67 Å². The zero-order valence-corrected chi connectivity index (χ0v) is 12.0. The average Bonchev–Trinajstić information content (AvgIpc) is 2.80. The Morgan fingerprint density at radius 2 is 2.00 bits per heavy atom. The van der Waals surface area contributed by atoms with Crippen LogP contribution in [-0.2, 0) is 6.42 Å². The third-order valence-electron chi connectivity index (χ3n) is 3.52. The van der Waals surface area contributed by atoms with Crippen LogP contribution in [0, 0.1) is 13.8 Å². The lowest BCUT2D eigenvalue weighted by Gasteiger charge is -2.16. The number of benzene rings is 1. The molecule has 4 nitrogen and oxygen atoms in total. The molecule has 4 heteroatoms. The molecule has 1 N–H and O–H groups in total. The molecule has 0 radical (unpaired) electrons. The number of nitrogens with zero attached hydrogens (tertiary/aromatic N) is 3. The van der Waals surface area contributed by atoms with Gasteiger partial charge >= 0.3 is 0 Å². The van der Waals surface area contributed by atoms with Crippen molar-refractivity contribution < 1.29 is 5.11 Å². The standard InChI is InChI=1S/C15H21N3O/c1-10(2)18-15(16-9-17-18)8-14(19)13-7-5-6-11(3)12(13)4/h5-7,9-10,14,19H,8H2,1-4H3. The molecule has 0 saturated heterocycles. The number of aryl methyl sites for hydroxylation is 1. The van der Waals surface area contributed by atoms with E-state index in [2.05, 4.69) is 36.9 Å². The zero-order chi connectivity index (χ0) is 14.0. The van der Waals surface area contributed by atoms with E-state index in [1.54, 1.807) is 6.33 Å². The first-order valence-corrected chi connectivity index (χ1v) is 6.63. The fourth-order valence-corrected chi connectivity index (χ4v) is 2.27. The van der Waals surface area contributed by atoms with Crippen LogP contribution in [0.5, 0.6) is 0 Å². The van der Waals surface area contributed by atoms with Crippen LogP contribution in [0.2, 0.25) is 0 Å². The van der Waals surface area contributed by atoms with Crippen LogP contribution in [0.25, 0.3) is 0 Å². The molecule has 1 heterocycles. The van der Waals surface area contributed by atoms with E-state index in [9.17, 15) is 5.11 Å². The number of rotatable bonds is 4. The van der Waals surface area contributed by atoms with E-state index in [4.69, 9.17) is 0 Å². The predicted molar refractivity (Wildman–Crippen MR) is 75.0 cm³/mol. The molecule has 1 unspecified atom stereocenters. The number of aliphatic hydroxyl groups is 1. The fraction of sp³-hybridized carbons (Fsp3) is 0.467. The first-order chi connectivity index (χ1) is 9.00. The molecular weight excluding hydrogens is 238 g/mol. The quantitative estimate of drug-likeness (QED) is 0.918. The van der Waals surface area contributed by atoms with E-state index in [1.165, 1.54) is 5.56 Å². The van der Waals surface area contributed by atoms with Crippen molar-refractivity contribution >= 4 is 0 Å². The summed E-state index contributed by atoms with van der Waals surface area (Å²) in [4.78, 5) is 4.25. The molecule has 0 aliphatic carbocycles. The number of hydrogen-bond donors (Lipinski definition) is 1. The van der Waals surface area contributed by atoms with Crippen LogP contribution in [0.4, 0.5) is 0 Å². The fourth-order valence-electron chi connectivity index (χ4n) is 2.27. The Morgan fingerprint density at radius 1 is 1.26 bits per heavy atom. The van der Waals surface area contributed by atoms with Crippen LogP contribution in [0.3, 0.4) is 0 Å². The molecule has 0 amide bonds. The first kappa shape index (κ1) is 13.7. The molecule has 0 spiro atoms. The maximum absolute atomic E-state index is 10.4. The molecule has 0 bridgehead atoms. The van der Waals surface area contributed by atoms with Crippen molar-refractivity contribution in [2.24, 2.45) is 0 Å². The Kier molecular flexibility index (Phi) is 4.00. The van der Waals surface area contributed by atoms with Gasteiger partial charge in [-0.15, -0.1) is 0 Å². The lowest BCUT2D eigenvalue weighted by atomic mass is 9.97. The van der Waals surface area contributed by atoms with Crippen LogP contribution < -0.4 is 0 Å². The molecule has 2 rings (SSSR count). The average molecular weight is 259 g/mol. The maximum Gasteiger partial charge on any atom is 0.138 e. The maximum atomic E-state index is 10.4. The van der Waals surface area contributed by atoms with E-state index < -0.39 is 6.10 Å². The van der Waals surface area contributed by atoms with Crippen molar-refractivity contribution in [3.05, 3.63) is 47.0 Å². The Hall–Kier alpha value is -1.68. The minimum absolute atomic E-state index is 0.253. The van der Waals surface area contributed by atoms with Gasteiger partial charge in [-0.3, -0.25) is 0 Å². The van der Waals surface area contributed by atoms with Crippen molar-refractivity contribution in [2.75, 3.05) is 0 Å². The van der Waals surface area contributed by atoms with E-state index >= 15 is 0 Å². The molecule has 1 aromatic carbocycles. The summed E-state index contributed by atoms with van der Waals surface area (Å²) in [6.07, 6.45) is 1.50. The van der Waals surface area contributed by atoms with Gasteiger partial charge in [0.15, 0.2) is 0 Å². The third kappa shape index (κ3) is 2.84. The smallest absolute Gasteiger partial charge is 0.138 e. The van der Waals surface area contributed by atoms with Crippen molar-refractivity contribution in [2.45, 2.75) is 46.3 Å². The monoisotopic (exact) mass is 259 g/mol. The highest BCUT2D eigenvalue weighted by Crippen LogP contribution is 2.23. The molecule has 1 aromatic heterocycles. The van der Waals surface area contributed by atoms with Crippen LogP contribution >= 0.6 is 0 Å². The molecule has 0 aliphatic heterocycles. The summed E-state index contributed by atoms with van der Waals surface area (Å²) < 4.78 is 1.86. The molecule has 19 heavy (non-hydrogen) atoms. The van der Waals surface area contributed by atoms with Gasteiger partial charge in [0.05, 0.1) is 6.10 Å². The molecule has 0 fully saturated rings. The Bertz CT molecular complexity index is 560. The van der Waals surface area contributed by atoms with Crippen molar-refractivity contribution in [1.82, 2.24) is 14.8 Å². The number of hydrogen-bond acceptors (Lipinski definition) is 3. The summed E-state index contributed by atoms with van der Waals surface area (Å²) in [6, 6.07) is 6.27. The summed E-state index contributed by atoms with van der Waals surface area (Å²) in [5.74, 6) is 0.823.